The van der Waals surface area contributed by atoms with Crippen LogP contribution in [0.4, 0.5) is 5.82 Å². The number of rotatable bonds is 5. The minimum Gasteiger partial charge on any atom is -0.396 e. The van der Waals surface area contributed by atoms with E-state index in [1.807, 2.05) is 11.4 Å². The zero-order valence-electron chi connectivity index (χ0n) is 11.2. The van der Waals surface area contributed by atoms with Crippen molar-refractivity contribution in [2.45, 2.75) is 19.4 Å². The number of anilines is 1. The highest BCUT2D eigenvalue weighted by molar-refractivity contribution is 7.16. The van der Waals surface area contributed by atoms with E-state index < -0.39 is 0 Å². The van der Waals surface area contributed by atoms with Gasteiger partial charge in [0.05, 0.1) is 11.9 Å². The molecular weight excluding hydrogens is 274 g/mol. The fraction of sp³-hybridized carbons (Fsp3) is 0.538. The highest BCUT2D eigenvalue weighted by atomic mass is 32.1. The highest BCUT2D eigenvalue weighted by Crippen LogP contribution is 2.26. The monoisotopic (exact) mass is 293 g/mol. The number of nitrogens with two attached hydrogens (primary N) is 1. The Kier molecular flexibility index (Phi) is 4.11. The zero-order chi connectivity index (χ0) is 13.9. The van der Waals surface area contributed by atoms with Crippen LogP contribution >= 0.6 is 11.3 Å². The number of fused-ring (bicyclic) bond motifs is 1. The average molecular weight is 293 g/mol. The lowest BCUT2D eigenvalue weighted by Crippen LogP contribution is -2.22. The first-order valence-corrected chi connectivity index (χ1v) is 7.72. The van der Waals surface area contributed by atoms with Crippen LogP contribution in [0.5, 0.6) is 0 Å². The minimum atomic E-state index is 0.275. The van der Waals surface area contributed by atoms with Crippen LogP contribution in [-0.4, -0.2) is 39.7 Å². The SMILES string of the molecule is NNc1nc(CN2CCC(CCO)C2)nc2sccc12. The number of hydrogen-bond acceptors (Lipinski definition) is 7. The summed E-state index contributed by atoms with van der Waals surface area (Å²) in [6.07, 6.45) is 2.03. The summed E-state index contributed by atoms with van der Waals surface area (Å²) in [5.74, 6) is 7.63. The van der Waals surface area contributed by atoms with Gasteiger partial charge in [-0.05, 0) is 36.8 Å². The van der Waals surface area contributed by atoms with E-state index in [9.17, 15) is 0 Å². The first-order chi connectivity index (χ1) is 9.80. The molecule has 0 aromatic carbocycles. The Balaban J connectivity index is 1.74. The van der Waals surface area contributed by atoms with Gasteiger partial charge < -0.3 is 10.5 Å². The highest BCUT2D eigenvalue weighted by Gasteiger charge is 2.23. The molecule has 0 aliphatic carbocycles. The van der Waals surface area contributed by atoms with Gasteiger partial charge in [-0.25, -0.2) is 15.8 Å². The molecule has 4 N–H and O–H groups in total. The smallest absolute Gasteiger partial charge is 0.152 e. The third-order valence-electron chi connectivity index (χ3n) is 3.78. The molecule has 1 unspecified atom stereocenters. The minimum absolute atomic E-state index is 0.275. The summed E-state index contributed by atoms with van der Waals surface area (Å²) in [4.78, 5) is 12.4. The van der Waals surface area contributed by atoms with Gasteiger partial charge in [-0.15, -0.1) is 11.3 Å². The van der Waals surface area contributed by atoms with Gasteiger partial charge in [-0.1, -0.05) is 0 Å². The van der Waals surface area contributed by atoms with Crippen molar-refractivity contribution in [1.29, 1.82) is 0 Å². The van der Waals surface area contributed by atoms with Crippen LogP contribution in [0, 0.1) is 5.92 Å². The lowest BCUT2D eigenvalue weighted by molar-refractivity contribution is 0.248. The van der Waals surface area contributed by atoms with E-state index in [4.69, 9.17) is 10.9 Å². The molecule has 0 radical (unpaired) electrons. The Morgan fingerprint density at radius 2 is 2.40 bits per heavy atom. The van der Waals surface area contributed by atoms with Crippen LogP contribution in [0.2, 0.25) is 0 Å². The van der Waals surface area contributed by atoms with E-state index >= 15 is 0 Å². The molecule has 1 fully saturated rings. The Bertz CT molecular complexity index is 587. The normalized spacial score (nSPS) is 19.8. The second-order valence-electron chi connectivity index (χ2n) is 5.17. The summed E-state index contributed by atoms with van der Waals surface area (Å²) in [7, 11) is 0. The molecule has 0 amide bonds. The maximum absolute atomic E-state index is 9.00. The largest absolute Gasteiger partial charge is 0.396 e. The van der Waals surface area contributed by atoms with E-state index in [2.05, 4.69) is 20.3 Å². The van der Waals surface area contributed by atoms with Gasteiger partial charge in [0.2, 0.25) is 0 Å². The molecular formula is C13H19N5OS. The maximum Gasteiger partial charge on any atom is 0.152 e. The fourth-order valence-corrected chi connectivity index (χ4v) is 3.54. The molecule has 1 atom stereocenters. The van der Waals surface area contributed by atoms with Gasteiger partial charge in [-0.2, -0.15) is 0 Å². The number of aliphatic hydroxyl groups is 1. The lowest BCUT2D eigenvalue weighted by atomic mass is 10.1. The second-order valence-corrected chi connectivity index (χ2v) is 6.07. The van der Waals surface area contributed by atoms with Crippen LogP contribution in [0.25, 0.3) is 10.2 Å². The number of nitrogen functional groups attached to an aromatic ring is 1. The summed E-state index contributed by atoms with van der Waals surface area (Å²) >= 11 is 1.60. The van der Waals surface area contributed by atoms with Crippen LogP contribution in [0.3, 0.4) is 0 Å². The molecule has 0 bridgehead atoms. The summed E-state index contributed by atoms with van der Waals surface area (Å²) in [6, 6.07) is 1.98. The Morgan fingerprint density at radius 1 is 1.50 bits per heavy atom. The van der Waals surface area contributed by atoms with Gasteiger partial charge in [0, 0.05) is 13.2 Å². The molecule has 108 valence electrons. The van der Waals surface area contributed by atoms with Crippen molar-refractivity contribution in [1.82, 2.24) is 14.9 Å². The Morgan fingerprint density at radius 3 is 3.20 bits per heavy atom. The Hall–Kier alpha value is -1.28. The van der Waals surface area contributed by atoms with Crippen molar-refractivity contribution in [2.75, 3.05) is 25.1 Å². The summed E-state index contributed by atoms with van der Waals surface area (Å²) < 4.78 is 0. The molecule has 3 heterocycles. The van der Waals surface area contributed by atoms with Gasteiger partial charge in [-0.3, -0.25) is 4.90 Å². The molecule has 0 saturated carbocycles. The lowest BCUT2D eigenvalue weighted by Gasteiger charge is -2.15. The van der Waals surface area contributed by atoms with Crippen molar-refractivity contribution in [3.05, 3.63) is 17.3 Å². The fourth-order valence-electron chi connectivity index (χ4n) is 2.75. The number of nitrogens with one attached hydrogen (secondary N) is 1. The maximum atomic E-state index is 9.00. The number of likely N-dealkylation sites (tertiary alicyclic amines) is 1. The second kappa shape index (κ2) is 6.01. The first kappa shape index (κ1) is 13.7. The number of thiophene rings is 1. The number of aromatic nitrogens is 2. The van der Waals surface area contributed by atoms with Gasteiger partial charge in [0.15, 0.2) is 5.82 Å². The molecule has 0 spiro atoms. The van der Waals surface area contributed by atoms with Crippen molar-refractivity contribution in [2.24, 2.45) is 11.8 Å². The van der Waals surface area contributed by atoms with E-state index in [0.29, 0.717) is 11.7 Å². The van der Waals surface area contributed by atoms with Gasteiger partial charge >= 0.3 is 0 Å². The average Bonchev–Trinajstić information content (AvgIpc) is 3.07. The van der Waals surface area contributed by atoms with Gasteiger partial charge in [0.25, 0.3) is 0 Å². The summed E-state index contributed by atoms with van der Waals surface area (Å²) in [5, 5.41) is 12.0. The van der Waals surface area contributed by atoms with E-state index in [1.54, 1.807) is 11.3 Å². The molecule has 20 heavy (non-hydrogen) atoms. The molecule has 7 heteroatoms. The molecule has 3 rings (SSSR count). The van der Waals surface area contributed by atoms with E-state index in [-0.39, 0.29) is 6.61 Å². The third kappa shape index (κ3) is 2.76. The number of nitrogens with zero attached hydrogens (tertiary/aromatic N) is 3. The Labute approximate surface area is 121 Å². The number of hydrazine groups is 1. The van der Waals surface area contributed by atoms with Crippen molar-refractivity contribution >= 4 is 27.4 Å². The molecule has 2 aromatic rings. The van der Waals surface area contributed by atoms with Crippen molar-refractivity contribution < 1.29 is 5.11 Å². The van der Waals surface area contributed by atoms with Gasteiger partial charge in [0.1, 0.15) is 10.7 Å². The topological polar surface area (TPSA) is 87.3 Å². The van der Waals surface area contributed by atoms with E-state index in [1.165, 1.54) is 0 Å². The first-order valence-electron chi connectivity index (χ1n) is 6.84. The van der Waals surface area contributed by atoms with Crippen molar-refractivity contribution in [3.8, 4) is 0 Å². The summed E-state index contributed by atoms with van der Waals surface area (Å²) in [6.45, 7) is 3.07. The van der Waals surface area contributed by atoms with E-state index in [0.717, 1.165) is 48.5 Å². The molecule has 1 saturated heterocycles. The third-order valence-corrected chi connectivity index (χ3v) is 4.59. The summed E-state index contributed by atoms with van der Waals surface area (Å²) in [5.41, 5.74) is 2.65. The van der Waals surface area contributed by atoms with Crippen LogP contribution in [0.1, 0.15) is 18.7 Å². The predicted molar refractivity (Wildman–Crippen MR) is 80.3 cm³/mol. The standard InChI is InChI=1S/C13H19N5OS/c14-17-12-10-3-6-20-13(10)16-11(15-12)8-18-4-1-9(7-18)2-5-19/h3,6,9,19H,1-2,4-5,7-8,14H2,(H,15,16,17). The van der Waals surface area contributed by atoms with Crippen LogP contribution < -0.4 is 11.3 Å². The molecule has 2 aromatic heterocycles. The molecule has 1 aliphatic heterocycles. The molecule has 6 nitrogen and oxygen atoms in total. The predicted octanol–water partition coefficient (Wildman–Crippen LogP) is 1.18. The number of hydrogen-bond donors (Lipinski definition) is 3. The van der Waals surface area contributed by atoms with Crippen LogP contribution in [0.15, 0.2) is 11.4 Å². The van der Waals surface area contributed by atoms with Crippen LogP contribution in [-0.2, 0) is 6.54 Å². The number of aliphatic hydroxyl groups excluding tert-OH is 1. The molecule has 1 aliphatic rings. The van der Waals surface area contributed by atoms with Crippen molar-refractivity contribution in [3.63, 3.8) is 0 Å². The quantitative estimate of drug-likeness (QED) is 0.567. The zero-order valence-corrected chi connectivity index (χ0v) is 12.1.